The molecule has 10 heteroatoms. The summed E-state index contributed by atoms with van der Waals surface area (Å²) in [6.07, 6.45) is 2.49. The van der Waals surface area contributed by atoms with Gasteiger partial charge in [-0.3, -0.25) is 14.5 Å². The molecule has 162 valence electrons. The molecule has 0 aliphatic rings. The molecule has 3 aromatic rings. The van der Waals surface area contributed by atoms with Gasteiger partial charge in [0.25, 0.3) is 10.0 Å². The van der Waals surface area contributed by atoms with E-state index in [0.717, 1.165) is 6.07 Å². The topological polar surface area (TPSA) is 98.3 Å². The highest BCUT2D eigenvalue weighted by Gasteiger charge is 2.23. The lowest BCUT2D eigenvalue weighted by molar-refractivity contribution is 0.103. The van der Waals surface area contributed by atoms with Gasteiger partial charge in [-0.2, -0.15) is 0 Å². The van der Waals surface area contributed by atoms with E-state index >= 15 is 0 Å². The average molecular weight is 464 g/mol. The molecule has 0 aliphatic carbocycles. The van der Waals surface area contributed by atoms with Gasteiger partial charge < -0.3 is 4.74 Å². The Morgan fingerprint density at radius 1 is 1.19 bits per heavy atom. The van der Waals surface area contributed by atoms with E-state index in [-0.39, 0.29) is 38.7 Å². The summed E-state index contributed by atoms with van der Waals surface area (Å²) in [6.45, 7) is 5.09. The molecule has 0 saturated carbocycles. The Bertz CT molecular complexity index is 1250. The number of aryl methyl sites for hydroxylation is 1. The SMILES string of the molecule is Cc1ncccc1C(=O)c1ncc(Cl)cc1NS(=O)(=O)c1ccc(OC(C)C)c(F)c1. The number of anilines is 1. The summed E-state index contributed by atoms with van der Waals surface area (Å²) in [5, 5.41) is 0.115. The van der Waals surface area contributed by atoms with E-state index in [1.54, 1.807) is 32.9 Å². The third-order valence-corrected chi connectivity index (χ3v) is 5.71. The number of ether oxygens (including phenoxy) is 1. The first kappa shape index (κ1) is 22.6. The first-order valence-corrected chi connectivity index (χ1v) is 11.1. The zero-order valence-corrected chi connectivity index (χ0v) is 18.5. The predicted octanol–water partition coefficient (Wildman–Crippen LogP) is 4.40. The molecule has 2 aromatic heterocycles. The summed E-state index contributed by atoms with van der Waals surface area (Å²) in [4.78, 5) is 20.7. The number of sulfonamides is 1. The van der Waals surface area contributed by atoms with Crippen LogP contribution < -0.4 is 9.46 Å². The van der Waals surface area contributed by atoms with E-state index < -0.39 is 21.6 Å². The quantitative estimate of drug-likeness (QED) is 0.521. The van der Waals surface area contributed by atoms with Gasteiger partial charge in [0.05, 0.1) is 21.7 Å². The van der Waals surface area contributed by atoms with E-state index in [0.29, 0.717) is 5.69 Å². The summed E-state index contributed by atoms with van der Waals surface area (Å²) in [5.74, 6) is -1.43. The number of benzene rings is 1. The summed E-state index contributed by atoms with van der Waals surface area (Å²) >= 11 is 5.97. The van der Waals surface area contributed by atoms with Gasteiger partial charge in [0.15, 0.2) is 11.6 Å². The van der Waals surface area contributed by atoms with Crippen molar-refractivity contribution < 1.29 is 22.3 Å². The molecule has 1 aromatic carbocycles. The molecule has 0 bridgehead atoms. The molecule has 7 nitrogen and oxygen atoms in total. The summed E-state index contributed by atoms with van der Waals surface area (Å²) in [7, 11) is -4.26. The number of hydrogen-bond acceptors (Lipinski definition) is 6. The highest BCUT2D eigenvalue weighted by molar-refractivity contribution is 7.92. The number of carbonyl (C=O) groups excluding carboxylic acids is 1. The lowest BCUT2D eigenvalue weighted by Crippen LogP contribution is -2.18. The number of ketones is 1. The van der Waals surface area contributed by atoms with Crippen molar-refractivity contribution in [3.8, 4) is 5.75 Å². The number of aromatic nitrogens is 2. The van der Waals surface area contributed by atoms with Crippen molar-refractivity contribution in [2.75, 3.05) is 4.72 Å². The maximum Gasteiger partial charge on any atom is 0.262 e. The smallest absolute Gasteiger partial charge is 0.262 e. The normalized spacial score (nSPS) is 11.4. The zero-order chi connectivity index (χ0) is 22.8. The molecule has 0 radical (unpaired) electrons. The van der Waals surface area contributed by atoms with Crippen molar-refractivity contribution in [1.29, 1.82) is 0 Å². The zero-order valence-electron chi connectivity index (χ0n) is 16.9. The van der Waals surface area contributed by atoms with E-state index in [1.165, 1.54) is 30.6 Å². The number of rotatable bonds is 7. The van der Waals surface area contributed by atoms with Crippen LogP contribution in [0.5, 0.6) is 5.75 Å². The molecule has 3 rings (SSSR count). The monoisotopic (exact) mass is 463 g/mol. The molecule has 0 aliphatic heterocycles. The molecule has 0 unspecified atom stereocenters. The minimum atomic E-state index is -4.26. The fraction of sp³-hybridized carbons (Fsp3) is 0.190. The Balaban J connectivity index is 1.99. The van der Waals surface area contributed by atoms with Crippen LogP contribution in [0.1, 0.15) is 35.6 Å². The van der Waals surface area contributed by atoms with Crippen molar-refractivity contribution in [3.63, 3.8) is 0 Å². The van der Waals surface area contributed by atoms with Gasteiger partial charge in [0, 0.05) is 23.7 Å². The van der Waals surface area contributed by atoms with Crippen LogP contribution in [0.2, 0.25) is 5.02 Å². The predicted molar refractivity (Wildman–Crippen MR) is 115 cm³/mol. The Hall–Kier alpha value is -3.04. The molecule has 0 spiro atoms. The number of carbonyl (C=O) groups is 1. The molecule has 2 heterocycles. The van der Waals surface area contributed by atoms with Crippen LogP contribution in [0.15, 0.2) is 53.7 Å². The lowest BCUT2D eigenvalue weighted by atomic mass is 10.1. The van der Waals surface area contributed by atoms with Gasteiger partial charge in [-0.05, 0) is 57.2 Å². The Morgan fingerprint density at radius 3 is 2.58 bits per heavy atom. The van der Waals surface area contributed by atoms with Crippen molar-refractivity contribution in [2.24, 2.45) is 0 Å². The fourth-order valence-electron chi connectivity index (χ4n) is 2.75. The second-order valence-electron chi connectivity index (χ2n) is 6.88. The second-order valence-corrected chi connectivity index (χ2v) is 9.00. The summed E-state index contributed by atoms with van der Waals surface area (Å²) in [5.41, 5.74) is 0.424. The van der Waals surface area contributed by atoms with Crippen LogP contribution in [0.4, 0.5) is 10.1 Å². The molecule has 0 saturated heterocycles. The molecular weight excluding hydrogens is 445 g/mol. The molecule has 31 heavy (non-hydrogen) atoms. The van der Waals surface area contributed by atoms with Crippen LogP contribution in [0, 0.1) is 12.7 Å². The minimum absolute atomic E-state index is 0.0682. The third-order valence-electron chi connectivity index (χ3n) is 4.14. The lowest BCUT2D eigenvalue weighted by Gasteiger charge is -2.14. The largest absolute Gasteiger partial charge is 0.488 e. The van der Waals surface area contributed by atoms with Gasteiger partial charge >= 0.3 is 0 Å². The van der Waals surface area contributed by atoms with E-state index in [9.17, 15) is 17.6 Å². The number of hydrogen-bond donors (Lipinski definition) is 1. The van der Waals surface area contributed by atoms with Gasteiger partial charge in [-0.1, -0.05) is 11.6 Å². The van der Waals surface area contributed by atoms with Gasteiger partial charge in [0.1, 0.15) is 5.69 Å². The number of nitrogens with zero attached hydrogens (tertiary/aromatic N) is 2. The van der Waals surface area contributed by atoms with Crippen molar-refractivity contribution in [2.45, 2.75) is 31.8 Å². The maximum atomic E-state index is 14.3. The first-order chi connectivity index (χ1) is 14.6. The van der Waals surface area contributed by atoms with Gasteiger partial charge in [0.2, 0.25) is 5.78 Å². The van der Waals surface area contributed by atoms with Crippen LogP contribution in [-0.4, -0.2) is 30.3 Å². The van der Waals surface area contributed by atoms with E-state index in [4.69, 9.17) is 16.3 Å². The molecular formula is C21H19ClFN3O4S. The minimum Gasteiger partial charge on any atom is -0.488 e. The van der Waals surface area contributed by atoms with Crippen LogP contribution in [0.3, 0.4) is 0 Å². The number of nitrogens with one attached hydrogen (secondary N) is 1. The maximum absolute atomic E-state index is 14.3. The van der Waals surface area contributed by atoms with Crippen LogP contribution in [0.25, 0.3) is 0 Å². The molecule has 0 fully saturated rings. The second kappa shape index (κ2) is 8.99. The van der Waals surface area contributed by atoms with Crippen molar-refractivity contribution >= 4 is 33.1 Å². The standard InChI is InChI=1S/C21H19ClFN3O4S/c1-12(2)30-19-7-6-15(10-17(19)23)31(28,29)26-18-9-14(22)11-25-20(18)21(27)16-5-4-8-24-13(16)3/h4-12,26H,1-3H3. The molecule has 0 amide bonds. The number of pyridine rings is 2. The van der Waals surface area contributed by atoms with Crippen LogP contribution in [-0.2, 0) is 10.0 Å². The molecule has 0 atom stereocenters. The fourth-order valence-corrected chi connectivity index (χ4v) is 3.98. The van der Waals surface area contributed by atoms with Crippen molar-refractivity contribution in [3.05, 3.63) is 76.6 Å². The van der Waals surface area contributed by atoms with Gasteiger partial charge in [-0.15, -0.1) is 0 Å². The summed E-state index contributed by atoms with van der Waals surface area (Å²) < 4.78 is 47.6. The Kier molecular flexibility index (Phi) is 6.56. The average Bonchev–Trinajstić information content (AvgIpc) is 2.69. The third kappa shape index (κ3) is 5.18. The number of halogens is 2. The summed E-state index contributed by atoms with van der Waals surface area (Å²) in [6, 6.07) is 7.67. The molecule has 1 N–H and O–H groups in total. The van der Waals surface area contributed by atoms with Crippen LogP contribution >= 0.6 is 11.6 Å². The van der Waals surface area contributed by atoms with E-state index in [1.807, 2.05) is 0 Å². The highest BCUT2D eigenvalue weighted by Crippen LogP contribution is 2.27. The van der Waals surface area contributed by atoms with Crippen molar-refractivity contribution in [1.82, 2.24) is 9.97 Å². The first-order valence-electron chi connectivity index (χ1n) is 9.19. The Morgan fingerprint density at radius 2 is 1.94 bits per heavy atom. The highest BCUT2D eigenvalue weighted by atomic mass is 35.5. The van der Waals surface area contributed by atoms with Gasteiger partial charge in [-0.25, -0.2) is 17.8 Å². The van der Waals surface area contributed by atoms with E-state index in [2.05, 4.69) is 14.7 Å². The Labute approximate surface area is 184 Å².